The molecule has 0 amide bonds. The van der Waals surface area contributed by atoms with Crippen LogP contribution in [0.3, 0.4) is 0 Å². The number of hydrogen-bond donors (Lipinski definition) is 0. The van der Waals surface area contributed by atoms with E-state index in [1.165, 1.54) is 18.5 Å². The molecule has 2 aromatic rings. The van der Waals surface area contributed by atoms with Gasteiger partial charge in [-0.05, 0) is 19.1 Å². The predicted molar refractivity (Wildman–Crippen MR) is 95.0 cm³/mol. The van der Waals surface area contributed by atoms with Crippen LogP contribution in [0.1, 0.15) is 20.3 Å². The summed E-state index contributed by atoms with van der Waals surface area (Å²) < 4.78 is 25.7. The summed E-state index contributed by atoms with van der Waals surface area (Å²) in [5, 5.41) is 0.333. The average Bonchev–Trinajstić information content (AvgIpc) is 2.60. The number of hydrogen-bond acceptors (Lipinski definition) is 5. The van der Waals surface area contributed by atoms with E-state index in [0.717, 1.165) is 6.42 Å². The molecule has 0 N–H and O–H groups in total. The SMILES string of the molecule is CCOc1ccc(F)c(N2CC[C@@H](Oc3cnc(Cl)cn3)[C@H](C)C2)c1. The molecule has 0 aliphatic carbocycles. The van der Waals surface area contributed by atoms with Crippen LogP contribution >= 0.6 is 11.6 Å². The molecular weight excluding hydrogens is 345 g/mol. The summed E-state index contributed by atoms with van der Waals surface area (Å²) in [6, 6.07) is 4.87. The third-order valence-electron chi connectivity index (χ3n) is 4.26. The molecule has 1 aliphatic rings. The van der Waals surface area contributed by atoms with Crippen molar-refractivity contribution in [3.8, 4) is 11.6 Å². The smallest absolute Gasteiger partial charge is 0.232 e. The van der Waals surface area contributed by atoms with Gasteiger partial charge in [-0.1, -0.05) is 18.5 Å². The number of anilines is 1. The zero-order valence-corrected chi connectivity index (χ0v) is 15.0. The van der Waals surface area contributed by atoms with E-state index in [9.17, 15) is 4.39 Å². The van der Waals surface area contributed by atoms with E-state index in [1.54, 1.807) is 12.1 Å². The molecule has 1 aromatic heterocycles. The standard InChI is InChI=1S/C18H21ClFN3O2/c1-3-24-13-4-5-14(20)15(8-13)23-7-6-16(12(2)11-23)25-18-10-21-17(19)9-22-18/h4-5,8-10,12,16H,3,6-7,11H2,1-2H3/t12-,16-/m1/s1. The zero-order valence-electron chi connectivity index (χ0n) is 14.3. The Morgan fingerprint density at radius 1 is 1.32 bits per heavy atom. The normalized spacial score (nSPS) is 20.4. The second-order valence-corrected chi connectivity index (χ2v) is 6.48. The molecule has 7 heteroatoms. The minimum atomic E-state index is -0.237. The minimum absolute atomic E-state index is 0.00450. The van der Waals surface area contributed by atoms with Crippen LogP contribution in [0.2, 0.25) is 5.15 Å². The highest BCUT2D eigenvalue weighted by atomic mass is 35.5. The maximum Gasteiger partial charge on any atom is 0.232 e. The zero-order chi connectivity index (χ0) is 17.8. The van der Waals surface area contributed by atoms with Gasteiger partial charge in [-0.25, -0.2) is 14.4 Å². The first-order valence-electron chi connectivity index (χ1n) is 8.38. The lowest BCUT2D eigenvalue weighted by Gasteiger charge is -2.38. The van der Waals surface area contributed by atoms with Crippen LogP contribution in [-0.2, 0) is 0 Å². The lowest BCUT2D eigenvalue weighted by Crippen LogP contribution is -2.44. The van der Waals surface area contributed by atoms with E-state index in [0.29, 0.717) is 42.2 Å². The van der Waals surface area contributed by atoms with Gasteiger partial charge in [0.1, 0.15) is 22.8 Å². The highest BCUT2D eigenvalue weighted by Gasteiger charge is 2.29. The number of halogens is 2. The molecule has 3 rings (SSSR count). The van der Waals surface area contributed by atoms with Crippen molar-refractivity contribution in [2.75, 3.05) is 24.6 Å². The van der Waals surface area contributed by atoms with Gasteiger partial charge in [0, 0.05) is 31.5 Å². The fraction of sp³-hybridized carbons (Fsp3) is 0.444. The number of ether oxygens (including phenoxy) is 2. The van der Waals surface area contributed by atoms with Crippen molar-refractivity contribution < 1.29 is 13.9 Å². The number of nitrogens with zero attached hydrogens (tertiary/aromatic N) is 3. The Morgan fingerprint density at radius 2 is 2.16 bits per heavy atom. The predicted octanol–water partition coefficient (Wildman–Crippen LogP) is 3.96. The third kappa shape index (κ3) is 4.31. The summed E-state index contributed by atoms with van der Waals surface area (Å²) in [6.07, 6.45) is 3.76. The van der Waals surface area contributed by atoms with Crippen molar-refractivity contribution in [1.82, 2.24) is 9.97 Å². The van der Waals surface area contributed by atoms with Crippen molar-refractivity contribution >= 4 is 17.3 Å². The summed E-state index contributed by atoms with van der Waals surface area (Å²) in [6.45, 7) is 5.94. The second kappa shape index (κ2) is 7.87. The fourth-order valence-electron chi connectivity index (χ4n) is 3.03. The van der Waals surface area contributed by atoms with E-state index in [1.807, 2.05) is 11.8 Å². The van der Waals surface area contributed by atoms with E-state index < -0.39 is 0 Å². The summed E-state index contributed by atoms with van der Waals surface area (Å²) in [5.74, 6) is 1.11. The number of piperidine rings is 1. The molecule has 0 unspecified atom stereocenters. The van der Waals surface area contributed by atoms with E-state index in [2.05, 4.69) is 16.9 Å². The summed E-state index contributed by atoms with van der Waals surface area (Å²) in [5.41, 5.74) is 0.572. The van der Waals surface area contributed by atoms with Crippen molar-refractivity contribution in [1.29, 1.82) is 0 Å². The summed E-state index contributed by atoms with van der Waals surface area (Å²) in [7, 11) is 0. The van der Waals surface area contributed by atoms with Crippen molar-refractivity contribution in [3.63, 3.8) is 0 Å². The van der Waals surface area contributed by atoms with Crippen LogP contribution in [0.4, 0.5) is 10.1 Å². The van der Waals surface area contributed by atoms with Crippen molar-refractivity contribution in [2.24, 2.45) is 5.92 Å². The van der Waals surface area contributed by atoms with Gasteiger partial charge in [0.2, 0.25) is 5.88 Å². The quantitative estimate of drug-likeness (QED) is 0.802. The topological polar surface area (TPSA) is 47.5 Å². The van der Waals surface area contributed by atoms with Crippen LogP contribution in [-0.4, -0.2) is 35.8 Å². The van der Waals surface area contributed by atoms with Gasteiger partial charge in [-0.3, -0.25) is 0 Å². The molecule has 1 aliphatic heterocycles. The molecule has 0 saturated carbocycles. The second-order valence-electron chi connectivity index (χ2n) is 6.09. The van der Waals surface area contributed by atoms with Gasteiger partial charge >= 0.3 is 0 Å². The van der Waals surface area contributed by atoms with Crippen LogP contribution < -0.4 is 14.4 Å². The maximum absolute atomic E-state index is 14.2. The fourth-order valence-corrected chi connectivity index (χ4v) is 3.12. The van der Waals surface area contributed by atoms with E-state index in [-0.39, 0.29) is 17.8 Å². The molecule has 5 nitrogen and oxygen atoms in total. The van der Waals surface area contributed by atoms with Gasteiger partial charge in [-0.2, -0.15) is 0 Å². The summed E-state index contributed by atoms with van der Waals surface area (Å²) >= 11 is 5.74. The van der Waals surface area contributed by atoms with Gasteiger partial charge in [0.05, 0.1) is 24.7 Å². The Morgan fingerprint density at radius 3 is 2.84 bits per heavy atom. The molecule has 25 heavy (non-hydrogen) atoms. The number of aromatic nitrogens is 2. The first-order valence-corrected chi connectivity index (χ1v) is 8.76. The Balaban J connectivity index is 1.67. The van der Waals surface area contributed by atoms with Crippen LogP contribution in [0, 0.1) is 11.7 Å². The van der Waals surface area contributed by atoms with Gasteiger partial charge in [0.25, 0.3) is 0 Å². The Kier molecular flexibility index (Phi) is 5.58. The third-order valence-corrected chi connectivity index (χ3v) is 4.46. The number of benzene rings is 1. The monoisotopic (exact) mass is 365 g/mol. The van der Waals surface area contributed by atoms with Crippen LogP contribution in [0.15, 0.2) is 30.6 Å². The lowest BCUT2D eigenvalue weighted by molar-refractivity contribution is 0.115. The molecule has 2 heterocycles. The molecule has 1 fully saturated rings. The highest BCUT2D eigenvalue weighted by molar-refractivity contribution is 6.29. The van der Waals surface area contributed by atoms with Gasteiger partial charge < -0.3 is 14.4 Å². The molecule has 1 saturated heterocycles. The molecule has 0 bridgehead atoms. The Labute approximate surface area is 151 Å². The van der Waals surface area contributed by atoms with E-state index >= 15 is 0 Å². The first kappa shape index (κ1) is 17.7. The van der Waals surface area contributed by atoms with Gasteiger partial charge in [0.15, 0.2) is 0 Å². The van der Waals surface area contributed by atoms with E-state index in [4.69, 9.17) is 21.1 Å². The Bertz CT molecular complexity index is 714. The lowest BCUT2D eigenvalue weighted by atomic mass is 9.96. The Hall–Kier alpha value is -2.08. The van der Waals surface area contributed by atoms with Crippen LogP contribution in [0.25, 0.3) is 0 Å². The number of rotatable bonds is 5. The van der Waals surface area contributed by atoms with Gasteiger partial charge in [-0.15, -0.1) is 0 Å². The average molecular weight is 366 g/mol. The van der Waals surface area contributed by atoms with Crippen molar-refractivity contribution in [2.45, 2.75) is 26.4 Å². The summed E-state index contributed by atoms with van der Waals surface area (Å²) in [4.78, 5) is 10.1. The maximum atomic E-state index is 14.2. The molecule has 134 valence electrons. The molecule has 0 radical (unpaired) electrons. The molecule has 2 atom stereocenters. The first-order chi connectivity index (χ1) is 12.1. The minimum Gasteiger partial charge on any atom is -0.494 e. The van der Waals surface area contributed by atoms with Crippen LogP contribution in [0.5, 0.6) is 11.6 Å². The molecule has 0 spiro atoms. The highest BCUT2D eigenvalue weighted by Crippen LogP contribution is 2.30. The molecular formula is C18H21ClFN3O2. The largest absolute Gasteiger partial charge is 0.494 e. The molecule has 1 aromatic carbocycles. The van der Waals surface area contributed by atoms with Crippen molar-refractivity contribution in [3.05, 3.63) is 41.6 Å².